The quantitative estimate of drug-likeness (QED) is 0.155. The first kappa shape index (κ1) is 43.7. The van der Waals surface area contributed by atoms with E-state index in [2.05, 4.69) is 15.9 Å². The van der Waals surface area contributed by atoms with Crippen molar-refractivity contribution in [1.29, 1.82) is 0 Å². The lowest BCUT2D eigenvalue weighted by Gasteiger charge is -2.45. The molecule has 58 heavy (non-hydrogen) atoms. The van der Waals surface area contributed by atoms with Crippen molar-refractivity contribution >= 4 is 33.7 Å². The maximum Gasteiger partial charge on any atom is 0.416 e. The summed E-state index contributed by atoms with van der Waals surface area (Å²) in [5, 5.41) is 22.4. The summed E-state index contributed by atoms with van der Waals surface area (Å²) in [6, 6.07) is 27.9. The molecule has 0 bridgehead atoms. The Bertz CT molecular complexity index is 1830. The number of carbonyl (C=O) groups is 3. The maximum absolute atomic E-state index is 14.3. The zero-order valence-corrected chi connectivity index (χ0v) is 34.5. The standard InChI is InChI=1S/C44H52BrNO12/c1-28(2)33-27-56-43(50)46(33)41(49)32(22-29-14-7-4-8-15-29)37-34(48)23-36(45)44(51,58-37)20-13-21-53-40-39(55-26-31-18-11-6-12-19-31)38(35(24-47)57-42(40)52-3)54-25-30-16-9-5-10-17-30/h4-12,14-19,23,28,32-33,35,37-40,42,47,51H,13,20-22,24-27H2,1-3H3/t32-,33-,35-,37+,38-,39+,40+,42+,44-/m1/s1. The summed E-state index contributed by atoms with van der Waals surface area (Å²) >= 11 is 3.35. The minimum absolute atomic E-state index is 0.0455. The molecule has 13 nitrogen and oxygen atoms in total. The van der Waals surface area contributed by atoms with E-state index in [0.717, 1.165) is 21.6 Å². The van der Waals surface area contributed by atoms with Gasteiger partial charge in [-0.05, 0) is 57.5 Å². The van der Waals surface area contributed by atoms with E-state index in [1.807, 2.05) is 105 Å². The van der Waals surface area contributed by atoms with Gasteiger partial charge in [0.25, 0.3) is 0 Å². The van der Waals surface area contributed by atoms with E-state index >= 15 is 0 Å². The van der Waals surface area contributed by atoms with Crippen LogP contribution in [0.1, 0.15) is 43.4 Å². The van der Waals surface area contributed by atoms with Gasteiger partial charge in [-0.1, -0.05) is 105 Å². The van der Waals surface area contributed by atoms with Gasteiger partial charge in [-0.25, -0.2) is 9.69 Å². The van der Waals surface area contributed by atoms with E-state index in [4.69, 9.17) is 33.2 Å². The number of amides is 2. The van der Waals surface area contributed by atoms with Gasteiger partial charge in [0.2, 0.25) is 5.91 Å². The molecule has 0 saturated carbocycles. The van der Waals surface area contributed by atoms with Gasteiger partial charge in [-0.15, -0.1) is 0 Å². The molecule has 312 valence electrons. The monoisotopic (exact) mass is 865 g/mol. The van der Waals surface area contributed by atoms with Crippen molar-refractivity contribution in [3.05, 3.63) is 118 Å². The molecule has 9 atom stereocenters. The fourth-order valence-corrected chi connectivity index (χ4v) is 8.02. The smallest absolute Gasteiger partial charge is 0.416 e. The number of ketones is 1. The Balaban J connectivity index is 1.19. The predicted octanol–water partition coefficient (Wildman–Crippen LogP) is 5.48. The molecule has 3 aliphatic heterocycles. The molecule has 3 aliphatic rings. The lowest BCUT2D eigenvalue weighted by molar-refractivity contribution is -0.320. The van der Waals surface area contributed by atoms with Crippen LogP contribution in [0.4, 0.5) is 4.79 Å². The van der Waals surface area contributed by atoms with Gasteiger partial charge in [-0.2, -0.15) is 0 Å². The molecule has 3 aromatic rings. The fraction of sp³-hybridized carbons (Fsp3) is 0.477. The third-order valence-electron chi connectivity index (χ3n) is 10.7. The summed E-state index contributed by atoms with van der Waals surface area (Å²) in [4.78, 5) is 41.9. The van der Waals surface area contributed by atoms with Crippen LogP contribution in [0.25, 0.3) is 0 Å². The molecule has 0 aromatic heterocycles. The summed E-state index contributed by atoms with van der Waals surface area (Å²) in [7, 11) is 1.48. The SMILES string of the molecule is CO[C@H]1O[C@H](CO)[C@@H](OCc2ccccc2)[C@H](OCc2ccccc2)[C@@H]1OCCC[C@@]1(O)O[C@@H]([C@@H](Cc2ccccc2)C(=O)N2C(=O)OC[C@@H]2C(C)C)C(=O)C=C1Br. The van der Waals surface area contributed by atoms with Crippen LogP contribution in [0, 0.1) is 11.8 Å². The number of carbonyl (C=O) groups excluding carboxylic acids is 3. The second kappa shape index (κ2) is 20.4. The molecule has 2 fully saturated rings. The molecule has 6 rings (SSSR count). The van der Waals surface area contributed by atoms with Crippen LogP contribution in [0.5, 0.6) is 0 Å². The third kappa shape index (κ3) is 10.5. The van der Waals surface area contributed by atoms with Crippen LogP contribution < -0.4 is 0 Å². The van der Waals surface area contributed by atoms with Gasteiger partial charge in [0, 0.05) is 20.1 Å². The lowest BCUT2D eigenvalue weighted by atomic mass is 9.87. The Morgan fingerprint density at radius 2 is 1.47 bits per heavy atom. The highest BCUT2D eigenvalue weighted by molar-refractivity contribution is 9.11. The van der Waals surface area contributed by atoms with Crippen LogP contribution in [0.15, 0.2) is 102 Å². The van der Waals surface area contributed by atoms with Crippen molar-refractivity contribution in [2.24, 2.45) is 11.8 Å². The van der Waals surface area contributed by atoms with Crippen molar-refractivity contribution in [3.8, 4) is 0 Å². The Morgan fingerprint density at radius 1 is 0.879 bits per heavy atom. The lowest BCUT2D eigenvalue weighted by Crippen LogP contribution is -2.61. The molecule has 0 unspecified atom stereocenters. The summed E-state index contributed by atoms with van der Waals surface area (Å²) < 4.78 is 42.8. The number of hydrogen-bond acceptors (Lipinski definition) is 12. The number of aliphatic hydroxyl groups is 2. The summed E-state index contributed by atoms with van der Waals surface area (Å²) in [6.07, 6.45) is -4.77. The molecule has 2 saturated heterocycles. The number of nitrogens with zero attached hydrogens (tertiary/aromatic N) is 1. The first-order valence-electron chi connectivity index (χ1n) is 19.6. The second-order valence-corrected chi connectivity index (χ2v) is 15.9. The van der Waals surface area contributed by atoms with Crippen LogP contribution in [-0.2, 0) is 62.4 Å². The fourth-order valence-electron chi connectivity index (χ4n) is 7.50. The molecular formula is C44H52BrNO12. The summed E-state index contributed by atoms with van der Waals surface area (Å²) in [5.74, 6) is -4.42. The maximum atomic E-state index is 14.3. The molecular weight excluding hydrogens is 814 g/mol. The molecule has 2 N–H and O–H groups in total. The van der Waals surface area contributed by atoms with Gasteiger partial charge in [0.05, 0.1) is 36.3 Å². The number of cyclic esters (lactones) is 1. The van der Waals surface area contributed by atoms with E-state index in [9.17, 15) is 24.6 Å². The minimum atomic E-state index is -2.02. The largest absolute Gasteiger partial charge is 0.447 e. The summed E-state index contributed by atoms with van der Waals surface area (Å²) in [6.45, 7) is 3.98. The Morgan fingerprint density at radius 3 is 2.03 bits per heavy atom. The van der Waals surface area contributed by atoms with Crippen LogP contribution in [0.2, 0.25) is 0 Å². The molecule has 14 heteroatoms. The molecule has 3 heterocycles. The second-order valence-electron chi connectivity index (χ2n) is 15.0. The Kier molecular flexibility index (Phi) is 15.4. The number of rotatable bonds is 18. The zero-order valence-electron chi connectivity index (χ0n) is 32.9. The average molecular weight is 867 g/mol. The minimum Gasteiger partial charge on any atom is -0.447 e. The summed E-state index contributed by atoms with van der Waals surface area (Å²) in [5.41, 5.74) is 2.60. The van der Waals surface area contributed by atoms with E-state index in [-0.39, 0.29) is 62.7 Å². The molecule has 0 spiro atoms. The number of ether oxygens (including phenoxy) is 7. The van der Waals surface area contributed by atoms with Crippen molar-refractivity contribution in [3.63, 3.8) is 0 Å². The first-order chi connectivity index (χ1) is 28.0. The first-order valence-corrected chi connectivity index (χ1v) is 20.4. The highest BCUT2D eigenvalue weighted by Gasteiger charge is 2.51. The van der Waals surface area contributed by atoms with Crippen molar-refractivity contribution in [1.82, 2.24) is 4.90 Å². The van der Waals surface area contributed by atoms with Crippen LogP contribution in [-0.4, -0.2) is 108 Å². The number of aliphatic hydroxyl groups excluding tert-OH is 1. The number of hydrogen-bond donors (Lipinski definition) is 2. The Labute approximate surface area is 347 Å². The molecule has 0 aliphatic carbocycles. The zero-order chi connectivity index (χ0) is 41.2. The van der Waals surface area contributed by atoms with Gasteiger partial charge >= 0.3 is 6.09 Å². The highest BCUT2D eigenvalue weighted by Crippen LogP contribution is 2.38. The average Bonchev–Trinajstić information content (AvgIpc) is 3.64. The third-order valence-corrected chi connectivity index (χ3v) is 11.5. The van der Waals surface area contributed by atoms with E-state index < -0.39 is 72.3 Å². The van der Waals surface area contributed by atoms with E-state index in [1.165, 1.54) is 13.2 Å². The Hall–Kier alpha value is -3.83. The highest BCUT2D eigenvalue weighted by atomic mass is 79.9. The van der Waals surface area contributed by atoms with Crippen molar-refractivity contribution in [2.45, 2.75) is 95.0 Å². The van der Waals surface area contributed by atoms with Gasteiger partial charge in [0.15, 0.2) is 17.9 Å². The molecule has 0 radical (unpaired) electrons. The van der Waals surface area contributed by atoms with Gasteiger partial charge in [-0.3, -0.25) is 9.59 Å². The number of halogens is 1. The number of methoxy groups -OCH3 is 1. The number of imide groups is 1. The molecule has 3 aromatic carbocycles. The van der Waals surface area contributed by atoms with Gasteiger partial charge < -0.3 is 43.4 Å². The van der Waals surface area contributed by atoms with Gasteiger partial charge in [0.1, 0.15) is 37.1 Å². The van der Waals surface area contributed by atoms with E-state index in [1.54, 1.807) is 0 Å². The predicted molar refractivity (Wildman–Crippen MR) is 214 cm³/mol. The number of benzene rings is 3. The normalized spacial score (nSPS) is 28.0. The van der Waals surface area contributed by atoms with Crippen LogP contribution >= 0.6 is 15.9 Å². The molecule has 2 amide bonds. The topological polar surface area (TPSA) is 160 Å². The van der Waals surface area contributed by atoms with E-state index in [0.29, 0.717) is 0 Å². The van der Waals surface area contributed by atoms with Crippen molar-refractivity contribution in [2.75, 3.05) is 26.9 Å². The van der Waals surface area contributed by atoms with Crippen LogP contribution in [0.3, 0.4) is 0 Å². The van der Waals surface area contributed by atoms with Crippen molar-refractivity contribution < 1.29 is 57.8 Å².